The van der Waals surface area contributed by atoms with Crippen LogP contribution in [0.25, 0.3) is 0 Å². The summed E-state index contributed by atoms with van der Waals surface area (Å²) < 4.78 is 0. The molecule has 0 fully saturated rings. The summed E-state index contributed by atoms with van der Waals surface area (Å²) in [5.41, 5.74) is 4.57. The van der Waals surface area contributed by atoms with E-state index >= 15 is 0 Å². The standard InChI is InChI=1S/C10H11N3O.ClH/c1-7(14)12-13-6-8-4-2-3-5-9(8)10(13)11;/h2-5,11H,6H2,1H3,(H,12,14);1H. The predicted molar refractivity (Wildman–Crippen MR) is 59.9 cm³/mol. The van der Waals surface area contributed by atoms with Crippen LogP contribution in [0.3, 0.4) is 0 Å². The Kier molecular flexibility index (Phi) is 3.31. The van der Waals surface area contributed by atoms with Gasteiger partial charge in [0.1, 0.15) is 5.84 Å². The van der Waals surface area contributed by atoms with Crippen LogP contribution in [-0.2, 0) is 11.3 Å². The highest BCUT2D eigenvalue weighted by molar-refractivity contribution is 6.00. The zero-order valence-corrected chi connectivity index (χ0v) is 9.10. The lowest BCUT2D eigenvalue weighted by Crippen LogP contribution is -2.40. The first-order valence-corrected chi connectivity index (χ1v) is 4.40. The molecule has 0 bridgehead atoms. The summed E-state index contributed by atoms with van der Waals surface area (Å²) in [6, 6.07) is 7.68. The van der Waals surface area contributed by atoms with Crippen molar-refractivity contribution >= 4 is 24.1 Å². The van der Waals surface area contributed by atoms with Crippen molar-refractivity contribution in [2.45, 2.75) is 13.5 Å². The molecule has 1 amide bonds. The van der Waals surface area contributed by atoms with Gasteiger partial charge < -0.3 is 0 Å². The molecule has 0 spiro atoms. The maximum atomic E-state index is 10.8. The summed E-state index contributed by atoms with van der Waals surface area (Å²) in [6.07, 6.45) is 0. The molecule has 15 heavy (non-hydrogen) atoms. The largest absolute Gasteiger partial charge is 0.283 e. The third-order valence-corrected chi connectivity index (χ3v) is 2.16. The highest BCUT2D eigenvalue weighted by Crippen LogP contribution is 2.20. The highest BCUT2D eigenvalue weighted by Gasteiger charge is 2.23. The molecule has 4 nitrogen and oxygen atoms in total. The van der Waals surface area contributed by atoms with Crippen molar-refractivity contribution in [2.75, 3.05) is 0 Å². The van der Waals surface area contributed by atoms with E-state index in [1.54, 1.807) is 5.01 Å². The van der Waals surface area contributed by atoms with Crippen molar-refractivity contribution in [3.8, 4) is 0 Å². The average Bonchev–Trinajstić information content (AvgIpc) is 2.44. The molecule has 0 radical (unpaired) electrons. The van der Waals surface area contributed by atoms with Gasteiger partial charge in [0.05, 0.1) is 6.54 Å². The van der Waals surface area contributed by atoms with Crippen molar-refractivity contribution in [1.82, 2.24) is 10.4 Å². The maximum absolute atomic E-state index is 10.8. The molecule has 1 aromatic rings. The number of hydrazine groups is 1. The van der Waals surface area contributed by atoms with E-state index in [1.807, 2.05) is 24.3 Å². The molecule has 5 heteroatoms. The third kappa shape index (κ3) is 2.10. The Morgan fingerprint density at radius 2 is 2.13 bits per heavy atom. The van der Waals surface area contributed by atoms with Crippen LogP contribution in [0.4, 0.5) is 0 Å². The number of hydrogen-bond donors (Lipinski definition) is 2. The Bertz CT molecular complexity index is 405. The second-order valence-corrected chi connectivity index (χ2v) is 3.26. The van der Waals surface area contributed by atoms with Gasteiger partial charge in [-0.2, -0.15) is 0 Å². The predicted octanol–water partition coefficient (Wildman–Crippen LogP) is 1.30. The zero-order chi connectivity index (χ0) is 10.1. The number of fused-ring (bicyclic) bond motifs is 1. The van der Waals surface area contributed by atoms with E-state index in [1.165, 1.54) is 6.92 Å². The Morgan fingerprint density at radius 3 is 2.73 bits per heavy atom. The maximum Gasteiger partial charge on any atom is 0.235 e. The van der Waals surface area contributed by atoms with Crippen LogP contribution in [-0.4, -0.2) is 16.8 Å². The van der Waals surface area contributed by atoms with Gasteiger partial charge in [-0.3, -0.25) is 20.6 Å². The van der Waals surface area contributed by atoms with Crippen molar-refractivity contribution in [3.05, 3.63) is 35.4 Å². The fourth-order valence-electron chi connectivity index (χ4n) is 1.57. The van der Waals surface area contributed by atoms with Gasteiger partial charge in [0, 0.05) is 12.5 Å². The van der Waals surface area contributed by atoms with Gasteiger partial charge in [-0.25, -0.2) is 0 Å². The van der Waals surface area contributed by atoms with Gasteiger partial charge in [0.25, 0.3) is 0 Å². The van der Waals surface area contributed by atoms with Crippen molar-refractivity contribution in [2.24, 2.45) is 0 Å². The lowest BCUT2D eigenvalue weighted by molar-refractivity contribution is -0.122. The van der Waals surface area contributed by atoms with E-state index < -0.39 is 0 Å². The lowest BCUT2D eigenvalue weighted by Gasteiger charge is -2.17. The molecular weight excluding hydrogens is 214 g/mol. The smallest absolute Gasteiger partial charge is 0.235 e. The molecular formula is C10H12ClN3O. The van der Waals surface area contributed by atoms with Crippen LogP contribution in [0.15, 0.2) is 24.3 Å². The van der Waals surface area contributed by atoms with Crippen LogP contribution in [0, 0.1) is 5.41 Å². The summed E-state index contributed by atoms with van der Waals surface area (Å²) in [6.45, 7) is 2.02. The van der Waals surface area contributed by atoms with Crippen molar-refractivity contribution in [1.29, 1.82) is 5.41 Å². The van der Waals surface area contributed by atoms with Gasteiger partial charge >= 0.3 is 0 Å². The number of amides is 1. The first-order valence-electron chi connectivity index (χ1n) is 4.40. The molecule has 0 saturated carbocycles. The fourth-order valence-corrected chi connectivity index (χ4v) is 1.57. The Balaban J connectivity index is 0.00000112. The SMILES string of the molecule is CC(=O)NN1Cc2ccccc2C1=N.Cl. The third-order valence-electron chi connectivity index (χ3n) is 2.16. The summed E-state index contributed by atoms with van der Waals surface area (Å²) >= 11 is 0. The fraction of sp³-hybridized carbons (Fsp3) is 0.200. The van der Waals surface area contributed by atoms with E-state index in [0.29, 0.717) is 12.4 Å². The van der Waals surface area contributed by atoms with Crippen molar-refractivity contribution < 1.29 is 4.79 Å². The normalized spacial score (nSPS) is 13.1. The monoisotopic (exact) mass is 225 g/mol. The quantitative estimate of drug-likeness (QED) is 0.757. The lowest BCUT2D eigenvalue weighted by atomic mass is 10.1. The molecule has 1 aliphatic heterocycles. The van der Waals surface area contributed by atoms with Gasteiger partial charge in [-0.15, -0.1) is 12.4 Å². The van der Waals surface area contributed by atoms with Gasteiger partial charge in [-0.1, -0.05) is 24.3 Å². The number of benzene rings is 1. The second-order valence-electron chi connectivity index (χ2n) is 3.26. The number of carbonyl (C=O) groups is 1. The zero-order valence-electron chi connectivity index (χ0n) is 8.28. The number of nitrogens with one attached hydrogen (secondary N) is 2. The Labute approximate surface area is 94.2 Å². The van der Waals surface area contributed by atoms with Crippen LogP contribution in [0.1, 0.15) is 18.1 Å². The molecule has 0 unspecified atom stereocenters. The molecule has 0 atom stereocenters. The van der Waals surface area contributed by atoms with E-state index in [4.69, 9.17) is 5.41 Å². The molecule has 0 aromatic heterocycles. The number of hydrogen-bond acceptors (Lipinski definition) is 2. The Morgan fingerprint density at radius 1 is 1.47 bits per heavy atom. The van der Waals surface area contributed by atoms with E-state index in [-0.39, 0.29) is 18.3 Å². The molecule has 1 aromatic carbocycles. The molecule has 1 heterocycles. The average molecular weight is 226 g/mol. The first-order chi connectivity index (χ1) is 6.68. The van der Waals surface area contributed by atoms with Crippen molar-refractivity contribution in [3.63, 3.8) is 0 Å². The van der Waals surface area contributed by atoms with Gasteiger partial charge in [0.15, 0.2) is 0 Å². The number of carbonyl (C=O) groups excluding carboxylic acids is 1. The number of rotatable bonds is 1. The highest BCUT2D eigenvalue weighted by atomic mass is 35.5. The molecule has 2 rings (SSSR count). The second kappa shape index (κ2) is 4.31. The van der Waals surface area contributed by atoms with Crippen LogP contribution in [0.5, 0.6) is 0 Å². The molecule has 80 valence electrons. The number of amidine groups is 1. The minimum absolute atomic E-state index is 0. The van der Waals surface area contributed by atoms with Gasteiger partial charge in [-0.05, 0) is 5.56 Å². The van der Waals surface area contributed by atoms with E-state index in [9.17, 15) is 4.79 Å². The minimum atomic E-state index is -0.150. The first kappa shape index (κ1) is 11.5. The van der Waals surface area contributed by atoms with Gasteiger partial charge in [0.2, 0.25) is 5.91 Å². The summed E-state index contributed by atoms with van der Waals surface area (Å²) in [5, 5.41) is 9.34. The molecule has 0 aliphatic carbocycles. The van der Waals surface area contributed by atoms with Crippen LogP contribution < -0.4 is 5.43 Å². The van der Waals surface area contributed by atoms with Crippen LogP contribution >= 0.6 is 12.4 Å². The molecule has 2 N–H and O–H groups in total. The number of halogens is 1. The van der Waals surface area contributed by atoms with E-state index in [2.05, 4.69) is 5.43 Å². The minimum Gasteiger partial charge on any atom is -0.283 e. The van der Waals surface area contributed by atoms with E-state index in [0.717, 1.165) is 11.1 Å². The summed E-state index contributed by atoms with van der Waals surface area (Å²) in [7, 11) is 0. The Hall–Kier alpha value is -1.55. The topological polar surface area (TPSA) is 56.2 Å². The summed E-state index contributed by atoms with van der Waals surface area (Å²) in [5.74, 6) is 0.207. The number of nitrogens with zero attached hydrogens (tertiary/aromatic N) is 1. The molecule has 0 saturated heterocycles. The molecule has 1 aliphatic rings. The van der Waals surface area contributed by atoms with Crippen LogP contribution in [0.2, 0.25) is 0 Å². The summed E-state index contributed by atoms with van der Waals surface area (Å²) in [4.78, 5) is 10.8.